The number of rotatable bonds is 3. The lowest BCUT2D eigenvalue weighted by molar-refractivity contribution is -0.139. The molecule has 1 aliphatic carbocycles. The van der Waals surface area contributed by atoms with Crippen LogP contribution in [0.4, 0.5) is 0 Å². The molecule has 0 spiro atoms. The number of nitrogens with zero attached hydrogens (tertiary/aromatic N) is 1. The molecular weight excluding hydrogens is 284 g/mol. The Morgan fingerprint density at radius 3 is 2.47 bits per heavy atom. The van der Waals surface area contributed by atoms with E-state index < -0.39 is 4.32 Å². The largest absolute Gasteiger partial charge is 0.352 e. The highest BCUT2D eigenvalue weighted by Crippen LogP contribution is 2.27. The number of carbonyl (C=O) groups excluding carboxylic acids is 2. The van der Waals surface area contributed by atoms with Crippen LogP contribution in [0.15, 0.2) is 0 Å². The van der Waals surface area contributed by atoms with Crippen molar-refractivity contribution in [2.75, 3.05) is 6.54 Å². The molecule has 1 atom stereocenters. The van der Waals surface area contributed by atoms with Crippen LogP contribution in [-0.4, -0.2) is 39.7 Å². The maximum absolute atomic E-state index is 12.2. The van der Waals surface area contributed by atoms with Crippen molar-refractivity contribution in [3.8, 4) is 0 Å². The molecule has 2 amide bonds. The summed E-state index contributed by atoms with van der Waals surface area (Å²) in [7, 11) is 0. The van der Waals surface area contributed by atoms with Crippen LogP contribution in [0.25, 0.3) is 0 Å². The number of hydrogen-bond donors (Lipinski definition) is 1. The van der Waals surface area contributed by atoms with Crippen LogP contribution < -0.4 is 5.32 Å². The quantitative estimate of drug-likeness (QED) is 0.802. The van der Waals surface area contributed by atoms with Crippen molar-refractivity contribution < 1.29 is 9.59 Å². The van der Waals surface area contributed by atoms with E-state index in [1.54, 1.807) is 4.90 Å². The molecule has 2 aliphatic rings. The summed E-state index contributed by atoms with van der Waals surface area (Å²) in [5.74, 6) is 0.0287. The van der Waals surface area contributed by atoms with Gasteiger partial charge in [0.15, 0.2) is 0 Å². The number of likely N-dealkylation sites (tertiary alicyclic amines) is 1. The second-order valence-corrected chi connectivity index (χ2v) is 7.39. The zero-order valence-corrected chi connectivity index (χ0v) is 11.9. The lowest BCUT2D eigenvalue weighted by atomic mass is 10.1. The van der Waals surface area contributed by atoms with Crippen molar-refractivity contribution in [3.63, 3.8) is 0 Å². The van der Waals surface area contributed by atoms with Crippen molar-refractivity contribution >= 4 is 27.7 Å². The average molecular weight is 303 g/mol. The maximum Gasteiger partial charge on any atom is 0.243 e. The Kier molecular flexibility index (Phi) is 3.48. The number of amides is 2. The van der Waals surface area contributed by atoms with Gasteiger partial charge >= 0.3 is 0 Å². The summed E-state index contributed by atoms with van der Waals surface area (Å²) in [5, 5.41) is 2.98. The highest BCUT2D eigenvalue weighted by atomic mass is 79.9. The monoisotopic (exact) mass is 302 g/mol. The standard InChI is InChI=1S/C12H19BrN2O2/c1-12(2,13)11(17)15-7-3-4-9(15)10(16)14-8-5-6-8/h8-9H,3-7H2,1-2H3,(H,14,16). The Balaban J connectivity index is 2.00. The summed E-state index contributed by atoms with van der Waals surface area (Å²) < 4.78 is -0.588. The topological polar surface area (TPSA) is 49.4 Å². The summed E-state index contributed by atoms with van der Waals surface area (Å²) in [6.45, 7) is 4.34. The Morgan fingerprint density at radius 2 is 1.94 bits per heavy atom. The van der Waals surface area contributed by atoms with Gasteiger partial charge in [0.1, 0.15) is 6.04 Å². The molecule has 1 saturated carbocycles. The molecule has 0 aromatic rings. The van der Waals surface area contributed by atoms with Gasteiger partial charge in [-0.3, -0.25) is 9.59 Å². The van der Waals surface area contributed by atoms with E-state index in [1.807, 2.05) is 13.8 Å². The number of nitrogens with one attached hydrogen (secondary N) is 1. The summed E-state index contributed by atoms with van der Waals surface area (Å²) in [6, 6.07) is 0.0944. The number of hydrogen-bond acceptors (Lipinski definition) is 2. The zero-order valence-electron chi connectivity index (χ0n) is 10.3. The number of alkyl halides is 1. The first-order chi connectivity index (χ1) is 7.89. The SMILES string of the molecule is CC(C)(Br)C(=O)N1CCCC1C(=O)NC1CC1. The molecule has 1 saturated heterocycles. The predicted octanol–water partition coefficient (Wildman–Crippen LogP) is 1.43. The van der Waals surface area contributed by atoms with Gasteiger partial charge in [0.05, 0.1) is 4.32 Å². The molecule has 1 aliphatic heterocycles. The molecular formula is C12H19BrN2O2. The molecule has 0 aromatic heterocycles. The second kappa shape index (κ2) is 4.59. The van der Waals surface area contributed by atoms with Crippen molar-refractivity contribution in [1.29, 1.82) is 0 Å². The molecule has 96 valence electrons. The molecule has 4 nitrogen and oxygen atoms in total. The molecule has 0 bridgehead atoms. The van der Waals surface area contributed by atoms with E-state index in [1.165, 1.54) is 0 Å². The van der Waals surface area contributed by atoms with Crippen molar-refractivity contribution in [2.45, 2.75) is 55.9 Å². The van der Waals surface area contributed by atoms with Gasteiger partial charge in [-0.25, -0.2) is 0 Å². The molecule has 1 N–H and O–H groups in total. The Hall–Kier alpha value is -0.580. The number of halogens is 1. The third-order valence-electron chi connectivity index (χ3n) is 3.25. The minimum atomic E-state index is -0.588. The molecule has 2 rings (SSSR count). The minimum absolute atomic E-state index is 0.00551. The smallest absolute Gasteiger partial charge is 0.243 e. The van der Waals surface area contributed by atoms with E-state index in [0.717, 1.165) is 25.7 Å². The van der Waals surface area contributed by atoms with Crippen LogP contribution in [0.1, 0.15) is 39.5 Å². The van der Waals surface area contributed by atoms with Gasteiger partial charge in [0, 0.05) is 12.6 Å². The van der Waals surface area contributed by atoms with Crippen LogP contribution in [-0.2, 0) is 9.59 Å². The van der Waals surface area contributed by atoms with Crippen LogP contribution >= 0.6 is 15.9 Å². The predicted molar refractivity (Wildman–Crippen MR) is 68.9 cm³/mol. The van der Waals surface area contributed by atoms with Crippen molar-refractivity contribution in [2.24, 2.45) is 0 Å². The summed E-state index contributed by atoms with van der Waals surface area (Å²) in [5.41, 5.74) is 0. The van der Waals surface area contributed by atoms with Crippen molar-refractivity contribution in [1.82, 2.24) is 10.2 Å². The average Bonchev–Trinajstić information content (AvgIpc) is 2.91. The maximum atomic E-state index is 12.2. The fraction of sp³-hybridized carbons (Fsp3) is 0.833. The Labute approximate surface area is 110 Å². The van der Waals surface area contributed by atoms with Crippen molar-refractivity contribution in [3.05, 3.63) is 0 Å². The summed E-state index contributed by atoms with van der Waals surface area (Å²) >= 11 is 3.37. The lowest BCUT2D eigenvalue weighted by Gasteiger charge is -2.29. The van der Waals surface area contributed by atoms with Gasteiger partial charge in [0.2, 0.25) is 11.8 Å². The van der Waals surface area contributed by atoms with E-state index in [4.69, 9.17) is 0 Å². The molecule has 1 heterocycles. The van der Waals surface area contributed by atoms with Crippen LogP contribution in [0.5, 0.6) is 0 Å². The highest BCUT2D eigenvalue weighted by Gasteiger charge is 2.40. The molecule has 17 heavy (non-hydrogen) atoms. The first kappa shape index (κ1) is 12.9. The summed E-state index contributed by atoms with van der Waals surface area (Å²) in [4.78, 5) is 25.9. The van der Waals surface area contributed by atoms with Gasteiger partial charge in [-0.2, -0.15) is 0 Å². The van der Waals surface area contributed by atoms with Crippen LogP contribution in [0.2, 0.25) is 0 Å². The fourth-order valence-electron chi connectivity index (χ4n) is 2.15. The first-order valence-electron chi connectivity index (χ1n) is 6.20. The Bertz CT molecular complexity index is 334. The van der Waals surface area contributed by atoms with Gasteiger partial charge in [-0.1, -0.05) is 15.9 Å². The highest BCUT2D eigenvalue weighted by molar-refractivity contribution is 9.10. The van der Waals surface area contributed by atoms with E-state index >= 15 is 0 Å². The van der Waals surface area contributed by atoms with Gasteiger partial charge in [0.25, 0.3) is 0 Å². The molecule has 1 unspecified atom stereocenters. The van der Waals surface area contributed by atoms with Gasteiger partial charge in [-0.05, 0) is 39.5 Å². The lowest BCUT2D eigenvalue weighted by Crippen LogP contribution is -2.50. The van der Waals surface area contributed by atoms with Gasteiger partial charge < -0.3 is 10.2 Å². The fourth-order valence-corrected chi connectivity index (χ4v) is 2.38. The van der Waals surface area contributed by atoms with Gasteiger partial charge in [-0.15, -0.1) is 0 Å². The second-order valence-electron chi connectivity index (χ2n) is 5.41. The van der Waals surface area contributed by atoms with E-state index in [-0.39, 0.29) is 17.9 Å². The first-order valence-corrected chi connectivity index (χ1v) is 6.99. The zero-order chi connectivity index (χ0) is 12.6. The number of carbonyl (C=O) groups is 2. The van der Waals surface area contributed by atoms with E-state index in [9.17, 15) is 9.59 Å². The molecule has 5 heteroatoms. The minimum Gasteiger partial charge on any atom is -0.352 e. The summed E-state index contributed by atoms with van der Waals surface area (Å²) in [6.07, 6.45) is 3.86. The third kappa shape index (κ3) is 3.00. The third-order valence-corrected chi connectivity index (χ3v) is 3.59. The normalized spacial score (nSPS) is 24.9. The van der Waals surface area contributed by atoms with E-state index in [2.05, 4.69) is 21.2 Å². The molecule has 2 fully saturated rings. The molecule has 0 radical (unpaired) electrons. The Morgan fingerprint density at radius 1 is 1.29 bits per heavy atom. The van der Waals surface area contributed by atoms with Crippen LogP contribution in [0, 0.1) is 0 Å². The molecule has 0 aromatic carbocycles. The van der Waals surface area contributed by atoms with E-state index in [0.29, 0.717) is 12.6 Å². The van der Waals surface area contributed by atoms with Crippen LogP contribution in [0.3, 0.4) is 0 Å².